The normalized spacial score (nSPS) is 10.8. The van der Waals surface area contributed by atoms with Crippen LogP contribution in [0.2, 0.25) is 0 Å². The highest BCUT2D eigenvalue weighted by Crippen LogP contribution is 2.07. The highest BCUT2D eigenvalue weighted by molar-refractivity contribution is 5.94. The lowest BCUT2D eigenvalue weighted by Crippen LogP contribution is -2.25. The maximum Gasteiger partial charge on any atom is 0.251 e. The Bertz CT molecular complexity index is 589. The summed E-state index contributed by atoms with van der Waals surface area (Å²) in [7, 11) is 0. The third-order valence-corrected chi connectivity index (χ3v) is 2.92. The third kappa shape index (κ3) is 3.60. The molecule has 0 saturated carbocycles. The first-order chi connectivity index (χ1) is 9.56. The number of nitrogens with one attached hydrogen (secondary N) is 1. The molecule has 1 heterocycles. The Labute approximate surface area is 118 Å². The van der Waals surface area contributed by atoms with Crippen molar-refractivity contribution < 1.29 is 4.79 Å². The number of carbonyl (C=O) groups is 1. The van der Waals surface area contributed by atoms with Gasteiger partial charge in [0.2, 0.25) is 0 Å². The number of rotatable bonds is 5. The van der Waals surface area contributed by atoms with Crippen LogP contribution in [0, 0.1) is 5.92 Å². The minimum atomic E-state index is -0.142. The van der Waals surface area contributed by atoms with Crippen molar-refractivity contribution >= 4 is 11.6 Å². The van der Waals surface area contributed by atoms with Crippen LogP contribution in [0.25, 0.3) is 0 Å². The number of nitrogens with two attached hydrogens (primary N) is 1. The molecule has 0 spiro atoms. The van der Waals surface area contributed by atoms with Crippen LogP contribution in [-0.4, -0.2) is 15.5 Å². The standard InChI is InChI=1S/C15H20N4O/c1-11(2)10-19-7-6-17-14(19)9-18-15(20)12-4-3-5-13(16)8-12/h3-8,11H,9-10,16H2,1-2H3,(H,18,20). The molecule has 0 fully saturated rings. The molecular weight excluding hydrogens is 252 g/mol. The molecule has 1 amide bonds. The third-order valence-electron chi connectivity index (χ3n) is 2.92. The number of anilines is 1. The number of aromatic nitrogens is 2. The zero-order valence-corrected chi connectivity index (χ0v) is 11.8. The monoisotopic (exact) mass is 272 g/mol. The summed E-state index contributed by atoms with van der Waals surface area (Å²) in [6, 6.07) is 6.93. The van der Waals surface area contributed by atoms with Crippen molar-refractivity contribution in [1.29, 1.82) is 0 Å². The second kappa shape index (κ2) is 6.23. The van der Waals surface area contributed by atoms with Crippen LogP contribution in [0.1, 0.15) is 30.0 Å². The van der Waals surface area contributed by atoms with E-state index in [1.165, 1.54) is 0 Å². The molecule has 0 aliphatic rings. The van der Waals surface area contributed by atoms with Crippen molar-refractivity contribution in [3.8, 4) is 0 Å². The number of carbonyl (C=O) groups excluding carboxylic acids is 1. The summed E-state index contributed by atoms with van der Waals surface area (Å²) in [6.45, 7) is 5.60. The minimum absolute atomic E-state index is 0.142. The molecule has 2 rings (SSSR count). The molecule has 0 unspecified atom stereocenters. The van der Waals surface area contributed by atoms with E-state index in [1.54, 1.807) is 30.5 Å². The van der Waals surface area contributed by atoms with E-state index in [4.69, 9.17) is 5.73 Å². The molecule has 0 bridgehead atoms. The lowest BCUT2D eigenvalue weighted by molar-refractivity contribution is 0.0949. The number of amides is 1. The molecule has 5 heteroatoms. The Balaban J connectivity index is 1.98. The van der Waals surface area contributed by atoms with Crippen LogP contribution in [0.3, 0.4) is 0 Å². The van der Waals surface area contributed by atoms with Crippen LogP contribution in [0.4, 0.5) is 5.69 Å². The predicted octanol–water partition coefficient (Wildman–Crippen LogP) is 2.05. The summed E-state index contributed by atoms with van der Waals surface area (Å²) in [5, 5.41) is 2.86. The molecule has 5 nitrogen and oxygen atoms in total. The fraction of sp³-hybridized carbons (Fsp3) is 0.333. The van der Waals surface area contributed by atoms with Gasteiger partial charge >= 0.3 is 0 Å². The van der Waals surface area contributed by atoms with E-state index in [0.717, 1.165) is 12.4 Å². The fourth-order valence-electron chi connectivity index (χ4n) is 2.01. The van der Waals surface area contributed by atoms with Crippen LogP contribution in [0.5, 0.6) is 0 Å². The number of hydrogen-bond donors (Lipinski definition) is 2. The van der Waals surface area contributed by atoms with Crippen molar-refractivity contribution in [2.24, 2.45) is 5.92 Å². The molecule has 0 saturated heterocycles. The first kappa shape index (κ1) is 14.1. The molecule has 0 aliphatic heterocycles. The van der Waals surface area contributed by atoms with Gasteiger partial charge in [0.05, 0.1) is 6.54 Å². The van der Waals surface area contributed by atoms with Crippen LogP contribution < -0.4 is 11.1 Å². The topological polar surface area (TPSA) is 72.9 Å². The van der Waals surface area contributed by atoms with E-state index in [0.29, 0.717) is 23.7 Å². The van der Waals surface area contributed by atoms with Gasteiger partial charge in [-0.05, 0) is 24.1 Å². The SMILES string of the molecule is CC(C)Cn1ccnc1CNC(=O)c1cccc(N)c1. The van der Waals surface area contributed by atoms with E-state index in [2.05, 4.69) is 28.7 Å². The Kier molecular flexibility index (Phi) is 4.40. The zero-order valence-electron chi connectivity index (χ0n) is 11.8. The maximum absolute atomic E-state index is 12.0. The Hall–Kier alpha value is -2.30. The molecular formula is C15H20N4O. The van der Waals surface area contributed by atoms with Crippen molar-refractivity contribution in [1.82, 2.24) is 14.9 Å². The number of hydrogen-bond acceptors (Lipinski definition) is 3. The number of nitrogen functional groups attached to an aromatic ring is 1. The Morgan fingerprint density at radius 3 is 2.95 bits per heavy atom. The molecule has 20 heavy (non-hydrogen) atoms. The van der Waals surface area contributed by atoms with Gasteiger partial charge in [0.1, 0.15) is 5.82 Å². The highest BCUT2D eigenvalue weighted by Gasteiger charge is 2.08. The number of nitrogens with zero attached hydrogens (tertiary/aromatic N) is 2. The van der Waals surface area contributed by atoms with Crippen LogP contribution in [-0.2, 0) is 13.1 Å². The van der Waals surface area contributed by atoms with E-state index in [-0.39, 0.29) is 5.91 Å². The van der Waals surface area contributed by atoms with Gasteiger partial charge in [0.25, 0.3) is 5.91 Å². The molecule has 2 aromatic rings. The molecule has 0 aliphatic carbocycles. The molecule has 106 valence electrons. The lowest BCUT2D eigenvalue weighted by atomic mass is 10.2. The average Bonchev–Trinajstić information content (AvgIpc) is 2.82. The smallest absolute Gasteiger partial charge is 0.251 e. The molecule has 0 atom stereocenters. The summed E-state index contributed by atoms with van der Waals surface area (Å²) in [5.74, 6) is 1.25. The van der Waals surface area contributed by atoms with Crippen LogP contribution in [0.15, 0.2) is 36.7 Å². The fourth-order valence-corrected chi connectivity index (χ4v) is 2.01. The second-order valence-electron chi connectivity index (χ2n) is 5.20. The molecule has 3 N–H and O–H groups in total. The van der Waals surface area contributed by atoms with E-state index in [9.17, 15) is 4.79 Å². The van der Waals surface area contributed by atoms with Crippen molar-refractivity contribution in [3.63, 3.8) is 0 Å². The largest absolute Gasteiger partial charge is 0.399 e. The quantitative estimate of drug-likeness (QED) is 0.818. The summed E-state index contributed by atoms with van der Waals surface area (Å²) in [6.07, 6.45) is 3.69. The highest BCUT2D eigenvalue weighted by atomic mass is 16.1. The van der Waals surface area contributed by atoms with Gasteiger partial charge in [-0.3, -0.25) is 4.79 Å². The average molecular weight is 272 g/mol. The minimum Gasteiger partial charge on any atom is -0.399 e. The van der Waals surface area contributed by atoms with Gasteiger partial charge < -0.3 is 15.6 Å². The summed E-state index contributed by atoms with van der Waals surface area (Å²) in [5.41, 5.74) is 6.81. The van der Waals surface area contributed by atoms with Crippen molar-refractivity contribution in [3.05, 3.63) is 48.0 Å². The summed E-state index contributed by atoms with van der Waals surface area (Å²) >= 11 is 0. The van der Waals surface area contributed by atoms with Crippen molar-refractivity contribution in [2.75, 3.05) is 5.73 Å². The van der Waals surface area contributed by atoms with E-state index in [1.807, 2.05) is 6.20 Å². The zero-order chi connectivity index (χ0) is 14.5. The first-order valence-electron chi connectivity index (χ1n) is 6.70. The molecule has 1 aromatic carbocycles. The van der Waals surface area contributed by atoms with Crippen LogP contribution >= 0.6 is 0 Å². The predicted molar refractivity (Wildman–Crippen MR) is 79.1 cm³/mol. The Morgan fingerprint density at radius 1 is 1.45 bits per heavy atom. The van der Waals surface area contributed by atoms with Gasteiger partial charge in [-0.15, -0.1) is 0 Å². The summed E-state index contributed by atoms with van der Waals surface area (Å²) in [4.78, 5) is 16.3. The van der Waals surface area contributed by atoms with E-state index >= 15 is 0 Å². The van der Waals surface area contributed by atoms with Gasteiger partial charge in [-0.25, -0.2) is 4.98 Å². The number of imidazole rings is 1. The van der Waals surface area contributed by atoms with Gasteiger partial charge in [0.15, 0.2) is 0 Å². The molecule has 1 aromatic heterocycles. The summed E-state index contributed by atoms with van der Waals surface area (Å²) < 4.78 is 2.06. The Morgan fingerprint density at radius 2 is 2.25 bits per heavy atom. The van der Waals surface area contributed by atoms with Gasteiger partial charge in [-0.2, -0.15) is 0 Å². The van der Waals surface area contributed by atoms with Gasteiger partial charge in [0, 0.05) is 30.2 Å². The lowest BCUT2D eigenvalue weighted by Gasteiger charge is -2.11. The second-order valence-corrected chi connectivity index (χ2v) is 5.20. The number of benzene rings is 1. The maximum atomic E-state index is 12.0. The van der Waals surface area contributed by atoms with E-state index < -0.39 is 0 Å². The van der Waals surface area contributed by atoms with Gasteiger partial charge in [-0.1, -0.05) is 19.9 Å². The first-order valence-corrected chi connectivity index (χ1v) is 6.70. The molecule has 0 radical (unpaired) electrons. The van der Waals surface area contributed by atoms with Crippen molar-refractivity contribution in [2.45, 2.75) is 26.9 Å².